The summed E-state index contributed by atoms with van der Waals surface area (Å²) >= 11 is 0. The van der Waals surface area contributed by atoms with Gasteiger partial charge in [0.05, 0.1) is 5.41 Å². The molecule has 0 spiro atoms. The van der Waals surface area contributed by atoms with Crippen LogP contribution in [0.5, 0.6) is 0 Å². The minimum Gasteiger partial charge on any atom is -0.448 e. The number of fused-ring (bicyclic) bond motifs is 2. The number of carbonyl (C=O) groups is 2. The average Bonchev–Trinajstić information content (AvgIpc) is 2.93. The Balaban J connectivity index is 1.44. The van der Waals surface area contributed by atoms with Crippen LogP contribution >= 0.6 is 0 Å². The topological polar surface area (TPSA) is 46.6 Å². The molecule has 4 nitrogen and oxygen atoms in total. The SMILES string of the molecule is CC1(C)[C@@]2(C)CC[C@@]1(C(=O)N1CCC(Cc3ccccc3)CC1)OC2=O. The molecule has 140 valence electrons. The average molecular weight is 355 g/mol. The maximum atomic E-state index is 13.4. The molecule has 1 amide bonds. The molecule has 1 aromatic rings. The van der Waals surface area contributed by atoms with Crippen molar-refractivity contribution in [2.75, 3.05) is 13.1 Å². The summed E-state index contributed by atoms with van der Waals surface area (Å²) in [6.45, 7) is 7.56. The Hall–Kier alpha value is -1.84. The Morgan fingerprint density at radius 2 is 1.77 bits per heavy atom. The summed E-state index contributed by atoms with van der Waals surface area (Å²) < 4.78 is 5.77. The van der Waals surface area contributed by atoms with Crippen molar-refractivity contribution in [3.63, 3.8) is 0 Å². The maximum Gasteiger partial charge on any atom is 0.313 e. The molecule has 0 aromatic heterocycles. The third kappa shape index (κ3) is 2.27. The second-order valence-corrected chi connectivity index (χ2v) is 9.10. The molecule has 2 heterocycles. The number of esters is 1. The third-order valence-electron chi connectivity index (χ3n) is 7.70. The molecule has 3 aliphatic rings. The van der Waals surface area contributed by atoms with E-state index in [1.807, 2.05) is 31.7 Å². The first-order valence-corrected chi connectivity index (χ1v) is 9.87. The van der Waals surface area contributed by atoms with Crippen molar-refractivity contribution in [3.8, 4) is 0 Å². The van der Waals surface area contributed by atoms with Gasteiger partial charge in [0, 0.05) is 18.5 Å². The van der Waals surface area contributed by atoms with E-state index in [0.717, 1.165) is 38.8 Å². The predicted molar refractivity (Wildman–Crippen MR) is 99.4 cm³/mol. The van der Waals surface area contributed by atoms with E-state index < -0.39 is 16.4 Å². The Bertz CT molecular complexity index is 720. The van der Waals surface area contributed by atoms with Crippen LogP contribution in [0.15, 0.2) is 30.3 Å². The number of nitrogens with zero attached hydrogens (tertiary/aromatic N) is 1. The third-order valence-corrected chi connectivity index (χ3v) is 7.70. The van der Waals surface area contributed by atoms with Gasteiger partial charge < -0.3 is 9.64 Å². The fraction of sp³-hybridized carbons (Fsp3) is 0.636. The summed E-state index contributed by atoms with van der Waals surface area (Å²) in [4.78, 5) is 27.8. The van der Waals surface area contributed by atoms with Gasteiger partial charge in [0.2, 0.25) is 0 Å². The van der Waals surface area contributed by atoms with Crippen LogP contribution in [-0.2, 0) is 20.7 Å². The highest BCUT2D eigenvalue weighted by molar-refractivity contribution is 5.96. The summed E-state index contributed by atoms with van der Waals surface area (Å²) in [5.41, 5.74) is -0.567. The highest BCUT2D eigenvalue weighted by Gasteiger charge is 2.76. The first-order valence-electron chi connectivity index (χ1n) is 9.87. The number of likely N-dealkylation sites (tertiary alicyclic amines) is 1. The maximum absolute atomic E-state index is 13.4. The van der Waals surface area contributed by atoms with Crippen LogP contribution in [0, 0.1) is 16.7 Å². The Morgan fingerprint density at radius 3 is 2.31 bits per heavy atom. The van der Waals surface area contributed by atoms with Gasteiger partial charge in [-0.05, 0) is 50.5 Å². The zero-order chi connectivity index (χ0) is 18.6. The Labute approximate surface area is 155 Å². The number of carbonyl (C=O) groups excluding carboxylic acids is 2. The molecule has 26 heavy (non-hydrogen) atoms. The van der Waals surface area contributed by atoms with Crippen molar-refractivity contribution in [1.29, 1.82) is 0 Å². The Morgan fingerprint density at radius 1 is 1.12 bits per heavy atom. The molecule has 1 aromatic carbocycles. The number of hydrogen-bond donors (Lipinski definition) is 0. The quantitative estimate of drug-likeness (QED) is 0.779. The molecular formula is C22H29NO3. The van der Waals surface area contributed by atoms with E-state index in [1.165, 1.54) is 5.56 Å². The molecule has 2 saturated heterocycles. The van der Waals surface area contributed by atoms with E-state index in [4.69, 9.17) is 4.74 Å². The monoisotopic (exact) mass is 355 g/mol. The van der Waals surface area contributed by atoms with Crippen LogP contribution in [0.1, 0.15) is 52.0 Å². The lowest BCUT2D eigenvalue weighted by atomic mass is 9.66. The summed E-state index contributed by atoms with van der Waals surface area (Å²) in [6.07, 6.45) is 4.51. The van der Waals surface area contributed by atoms with Gasteiger partial charge in [-0.25, -0.2) is 0 Å². The number of benzene rings is 1. The van der Waals surface area contributed by atoms with Crippen molar-refractivity contribution in [2.24, 2.45) is 16.7 Å². The largest absolute Gasteiger partial charge is 0.448 e. The fourth-order valence-electron chi connectivity index (χ4n) is 5.26. The van der Waals surface area contributed by atoms with Crippen LogP contribution in [0.3, 0.4) is 0 Å². The van der Waals surface area contributed by atoms with Crippen molar-refractivity contribution < 1.29 is 14.3 Å². The molecule has 4 heteroatoms. The van der Waals surface area contributed by atoms with Crippen molar-refractivity contribution in [2.45, 2.75) is 58.5 Å². The standard InChI is InChI=1S/C22H29NO3/c1-20(2)21(3)11-12-22(20,26-19(21)25)18(24)23-13-9-17(10-14-23)15-16-7-5-4-6-8-16/h4-8,17H,9-15H2,1-3H3/t21-,22-/m0/s1. The minimum absolute atomic E-state index is 0.0373. The normalized spacial score (nSPS) is 33.3. The molecule has 2 bridgehead atoms. The van der Waals surface area contributed by atoms with Gasteiger partial charge in [-0.1, -0.05) is 44.2 Å². The number of rotatable bonds is 3. The van der Waals surface area contributed by atoms with E-state index in [0.29, 0.717) is 12.3 Å². The van der Waals surface area contributed by atoms with Crippen LogP contribution < -0.4 is 0 Å². The fourth-order valence-corrected chi connectivity index (χ4v) is 5.26. The summed E-state index contributed by atoms with van der Waals surface area (Å²) in [6, 6.07) is 10.6. The number of hydrogen-bond acceptors (Lipinski definition) is 3. The number of amides is 1. The van der Waals surface area contributed by atoms with Crippen LogP contribution in [0.4, 0.5) is 0 Å². The van der Waals surface area contributed by atoms with Gasteiger partial charge in [-0.15, -0.1) is 0 Å². The first kappa shape index (κ1) is 17.6. The first-order chi connectivity index (χ1) is 12.3. The van der Waals surface area contributed by atoms with Crippen LogP contribution in [-0.4, -0.2) is 35.5 Å². The van der Waals surface area contributed by atoms with Gasteiger partial charge in [0.1, 0.15) is 0 Å². The smallest absolute Gasteiger partial charge is 0.313 e. The predicted octanol–water partition coefficient (Wildman–Crippen LogP) is 3.59. The molecule has 0 unspecified atom stereocenters. The molecule has 0 radical (unpaired) electrons. The van der Waals surface area contributed by atoms with Crippen molar-refractivity contribution in [1.82, 2.24) is 4.90 Å². The van der Waals surface area contributed by atoms with Gasteiger partial charge in [-0.2, -0.15) is 0 Å². The Kier molecular flexibility index (Phi) is 3.94. The molecule has 2 aliphatic heterocycles. The van der Waals surface area contributed by atoms with Gasteiger partial charge >= 0.3 is 5.97 Å². The molecule has 1 aliphatic carbocycles. The van der Waals surface area contributed by atoms with Crippen molar-refractivity contribution >= 4 is 11.9 Å². The summed E-state index contributed by atoms with van der Waals surface area (Å²) in [5.74, 6) is 0.461. The molecule has 1 saturated carbocycles. The summed E-state index contributed by atoms with van der Waals surface area (Å²) in [7, 11) is 0. The molecule has 0 N–H and O–H groups in total. The van der Waals surface area contributed by atoms with Crippen LogP contribution in [0.25, 0.3) is 0 Å². The molecular weight excluding hydrogens is 326 g/mol. The second-order valence-electron chi connectivity index (χ2n) is 9.10. The van der Waals surface area contributed by atoms with Gasteiger partial charge in [-0.3, -0.25) is 9.59 Å². The lowest BCUT2D eigenvalue weighted by Crippen LogP contribution is -2.56. The van der Waals surface area contributed by atoms with Crippen LogP contribution in [0.2, 0.25) is 0 Å². The van der Waals surface area contributed by atoms with E-state index >= 15 is 0 Å². The lowest BCUT2D eigenvalue weighted by molar-refractivity contribution is -0.174. The van der Waals surface area contributed by atoms with Gasteiger partial charge in [0.25, 0.3) is 5.91 Å². The van der Waals surface area contributed by atoms with E-state index in [2.05, 4.69) is 24.3 Å². The van der Waals surface area contributed by atoms with E-state index in [-0.39, 0.29) is 11.9 Å². The highest BCUT2D eigenvalue weighted by atomic mass is 16.6. The van der Waals surface area contributed by atoms with Gasteiger partial charge in [0.15, 0.2) is 5.60 Å². The van der Waals surface area contributed by atoms with Crippen molar-refractivity contribution in [3.05, 3.63) is 35.9 Å². The molecule has 2 atom stereocenters. The minimum atomic E-state index is -0.953. The number of ether oxygens (including phenoxy) is 1. The zero-order valence-electron chi connectivity index (χ0n) is 16.1. The van der Waals surface area contributed by atoms with E-state index in [1.54, 1.807) is 0 Å². The number of piperidine rings is 1. The summed E-state index contributed by atoms with van der Waals surface area (Å²) in [5, 5.41) is 0. The van der Waals surface area contributed by atoms with E-state index in [9.17, 15) is 9.59 Å². The molecule has 4 rings (SSSR count). The molecule has 3 fully saturated rings. The zero-order valence-corrected chi connectivity index (χ0v) is 16.1. The second kappa shape index (κ2) is 5.83. The highest BCUT2D eigenvalue weighted by Crippen LogP contribution is 2.66. The lowest BCUT2D eigenvalue weighted by Gasteiger charge is -2.41.